The second-order valence-corrected chi connectivity index (χ2v) is 6.75. The zero-order valence-electron chi connectivity index (χ0n) is 13.0. The highest BCUT2D eigenvalue weighted by Crippen LogP contribution is 2.26. The normalized spacial score (nSPS) is 19.6. The number of nitrogens with zero attached hydrogens (tertiary/aromatic N) is 2. The van der Waals surface area contributed by atoms with Crippen LogP contribution < -0.4 is 0 Å². The number of carboxylic acid groups (broad SMARTS) is 1. The number of halogens is 1. The first-order valence-electron chi connectivity index (χ1n) is 8.09. The zero-order chi connectivity index (χ0) is 16.2. The molecule has 0 radical (unpaired) electrons. The molecule has 0 saturated carbocycles. The standard InChI is InChI=1S/C18H21ClN2O2/c19-16-10-14-4-1-6-20-18(14)15(11-16)12-21-7-2-3-13(5-8-21)9-17(22)23/h1,4,6,10-11,13H,2-3,5,7-9,12H2,(H,22,23). The summed E-state index contributed by atoms with van der Waals surface area (Å²) in [7, 11) is 0. The summed E-state index contributed by atoms with van der Waals surface area (Å²) < 4.78 is 0. The molecule has 1 aliphatic rings. The SMILES string of the molecule is O=C(O)CC1CCCN(Cc2cc(Cl)cc3cccnc23)CC1. The highest BCUT2D eigenvalue weighted by atomic mass is 35.5. The molecule has 1 unspecified atom stereocenters. The highest BCUT2D eigenvalue weighted by Gasteiger charge is 2.20. The molecule has 0 aliphatic carbocycles. The molecule has 1 aromatic heterocycles. The van der Waals surface area contributed by atoms with Crippen LogP contribution in [0.3, 0.4) is 0 Å². The van der Waals surface area contributed by atoms with Gasteiger partial charge in [0.1, 0.15) is 0 Å². The maximum atomic E-state index is 10.9. The molecule has 2 heterocycles. The third kappa shape index (κ3) is 4.21. The molecule has 1 fully saturated rings. The Kier molecular flexibility index (Phi) is 5.13. The third-order valence-corrected chi connectivity index (χ3v) is 4.76. The van der Waals surface area contributed by atoms with Crippen LogP contribution in [0.1, 0.15) is 31.2 Å². The quantitative estimate of drug-likeness (QED) is 0.920. The van der Waals surface area contributed by atoms with E-state index in [-0.39, 0.29) is 6.42 Å². The van der Waals surface area contributed by atoms with Crippen LogP contribution in [-0.2, 0) is 11.3 Å². The van der Waals surface area contributed by atoms with E-state index in [0.717, 1.165) is 60.4 Å². The fourth-order valence-electron chi connectivity index (χ4n) is 3.42. The Hall–Kier alpha value is -1.65. The van der Waals surface area contributed by atoms with Gasteiger partial charge in [-0.2, -0.15) is 0 Å². The number of fused-ring (bicyclic) bond motifs is 1. The second-order valence-electron chi connectivity index (χ2n) is 6.31. The fourth-order valence-corrected chi connectivity index (χ4v) is 3.67. The van der Waals surface area contributed by atoms with Crippen molar-refractivity contribution in [2.45, 2.75) is 32.2 Å². The van der Waals surface area contributed by atoms with Crippen LogP contribution in [0.2, 0.25) is 5.02 Å². The lowest BCUT2D eigenvalue weighted by Crippen LogP contribution is -2.24. The Morgan fingerprint density at radius 3 is 3.04 bits per heavy atom. The van der Waals surface area contributed by atoms with Gasteiger partial charge in [-0.1, -0.05) is 17.7 Å². The third-order valence-electron chi connectivity index (χ3n) is 4.55. The van der Waals surface area contributed by atoms with Gasteiger partial charge in [0.25, 0.3) is 0 Å². The Bertz CT molecular complexity index is 704. The molecule has 1 aromatic carbocycles. The largest absolute Gasteiger partial charge is 0.481 e. The van der Waals surface area contributed by atoms with Crippen molar-refractivity contribution in [3.63, 3.8) is 0 Å². The van der Waals surface area contributed by atoms with Crippen LogP contribution in [0.15, 0.2) is 30.5 Å². The van der Waals surface area contributed by atoms with Crippen LogP contribution in [0, 0.1) is 5.92 Å². The molecule has 3 rings (SSSR count). The van der Waals surface area contributed by atoms with Gasteiger partial charge in [-0.05, 0) is 62.0 Å². The molecule has 0 amide bonds. The van der Waals surface area contributed by atoms with Crippen LogP contribution in [-0.4, -0.2) is 34.0 Å². The number of likely N-dealkylation sites (tertiary alicyclic amines) is 1. The van der Waals surface area contributed by atoms with E-state index in [4.69, 9.17) is 16.7 Å². The average molecular weight is 333 g/mol. The minimum absolute atomic E-state index is 0.287. The minimum atomic E-state index is -0.687. The van der Waals surface area contributed by atoms with E-state index < -0.39 is 5.97 Å². The first kappa shape index (κ1) is 16.2. The first-order chi connectivity index (χ1) is 11.1. The predicted molar refractivity (Wildman–Crippen MR) is 91.6 cm³/mol. The lowest BCUT2D eigenvalue weighted by molar-refractivity contribution is -0.138. The molecule has 1 N–H and O–H groups in total. The molecular formula is C18H21ClN2O2. The Labute approximate surface area is 141 Å². The molecule has 23 heavy (non-hydrogen) atoms. The van der Waals surface area contributed by atoms with E-state index in [1.807, 2.05) is 30.5 Å². The summed E-state index contributed by atoms with van der Waals surface area (Å²) in [5.41, 5.74) is 2.15. The van der Waals surface area contributed by atoms with E-state index in [2.05, 4.69) is 9.88 Å². The van der Waals surface area contributed by atoms with Crippen LogP contribution in [0.25, 0.3) is 10.9 Å². The van der Waals surface area contributed by atoms with Gasteiger partial charge in [-0.15, -0.1) is 0 Å². The van der Waals surface area contributed by atoms with E-state index in [0.29, 0.717) is 5.92 Å². The van der Waals surface area contributed by atoms with Gasteiger partial charge < -0.3 is 5.11 Å². The maximum absolute atomic E-state index is 10.9. The van der Waals surface area contributed by atoms with Gasteiger partial charge in [-0.25, -0.2) is 0 Å². The van der Waals surface area contributed by atoms with Crippen LogP contribution >= 0.6 is 11.6 Å². The number of aromatic nitrogens is 1. The molecule has 0 bridgehead atoms. The summed E-state index contributed by atoms with van der Waals surface area (Å²) in [6.45, 7) is 2.74. The van der Waals surface area contributed by atoms with Crippen molar-refractivity contribution in [1.82, 2.24) is 9.88 Å². The molecule has 1 atom stereocenters. The van der Waals surface area contributed by atoms with Crippen LogP contribution in [0.5, 0.6) is 0 Å². The molecule has 1 aliphatic heterocycles. The van der Waals surface area contributed by atoms with Gasteiger partial charge in [0.05, 0.1) is 5.52 Å². The van der Waals surface area contributed by atoms with Gasteiger partial charge in [-0.3, -0.25) is 14.7 Å². The summed E-state index contributed by atoms with van der Waals surface area (Å²) >= 11 is 6.24. The summed E-state index contributed by atoms with van der Waals surface area (Å²) in [5, 5.41) is 10.8. The number of aliphatic carboxylic acids is 1. The summed E-state index contributed by atoms with van der Waals surface area (Å²) in [6, 6.07) is 7.89. The lowest BCUT2D eigenvalue weighted by Gasteiger charge is -2.21. The molecule has 0 spiro atoms. The van der Waals surface area contributed by atoms with Crippen LogP contribution in [0.4, 0.5) is 0 Å². The summed E-state index contributed by atoms with van der Waals surface area (Å²) in [6.07, 6.45) is 5.08. The number of benzene rings is 1. The number of hydrogen-bond donors (Lipinski definition) is 1. The van der Waals surface area contributed by atoms with E-state index in [1.54, 1.807) is 0 Å². The topological polar surface area (TPSA) is 53.4 Å². The Morgan fingerprint density at radius 2 is 2.22 bits per heavy atom. The molecule has 4 nitrogen and oxygen atoms in total. The lowest BCUT2D eigenvalue weighted by atomic mass is 9.97. The molecule has 122 valence electrons. The van der Waals surface area contributed by atoms with Crippen molar-refractivity contribution in [3.8, 4) is 0 Å². The number of pyridine rings is 1. The number of hydrogen-bond acceptors (Lipinski definition) is 3. The van der Waals surface area contributed by atoms with Crippen molar-refractivity contribution < 1.29 is 9.90 Å². The van der Waals surface area contributed by atoms with Crippen molar-refractivity contribution in [3.05, 3.63) is 41.0 Å². The highest BCUT2D eigenvalue weighted by molar-refractivity contribution is 6.31. The Morgan fingerprint density at radius 1 is 1.35 bits per heavy atom. The van der Waals surface area contributed by atoms with E-state index in [9.17, 15) is 4.79 Å². The van der Waals surface area contributed by atoms with Gasteiger partial charge in [0.15, 0.2) is 0 Å². The van der Waals surface area contributed by atoms with E-state index >= 15 is 0 Å². The van der Waals surface area contributed by atoms with Gasteiger partial charge >= 0.3 is 5.97 Å². The van der Waals surface area contributed by atoms with Gasteiger partial charge in [0.2, 0.25) is 0 Å². The predicted octanol–water partition coefficient (Wildman–Crippen LogP) is 3.97. The summed E-state index contributed by atoms with van der Waals surface area (Å²) in [4.78, 5) is 17.8. The summed E-state index contributed by atoms with van der Waals surface area (Å²) in [5.74, 6) is -0.389. The number of carboxylic acids is 1. The Balaban J connectivity index is 1.73. The smallest absolute Gasteiger partial charge is 0.303 e. The molecular weight excluding hydrogens is 312 g/mol. The molecule has 5 heteroatoms. The van der Waals surface area contributed by atoms with Gasteiger partial charge in [0, 0.05) is 29.6 Å². The second kappa shape index (κ2) is 7.28. The molecule has 2 aromatic rings. The first-order valence-corrected chi connectivity index (χ1v) is 8.47. The monoisotopic (exact) mass is 332 g/mol. The zero-order valence-corrected chi connectivity index (χ0v) is 13.8. The average Bonchev–Trinajstić information content (AvgIpc) is 2.72. The fraction of sp³-hybridized carbons (Fsp3) is 0.444. The van der Waals surface area contributed by atoms with E-state index in [1.165, 1.54) is 0 Å². The van der Waals surface area contributed by atoms with Crippen molar-refractivity contribution in [1.29, 1.82) is 0 Å². The number of carbonyl (C=O) groups is 1. The van der Waals surface area contributed by atoms with Crippen molar-refractivity contribution in [2.24, 2.45) is 5.92 Å². The minimum Gasteiger partial charge on any atom is -0.481 e. The van der Waals surface area contributed by atoms with Crippen molar-refractivity contribution in [2.75, 3.05) is 13.1 Å². The van der Waals surface area contributed by atoms with Crippen molar-refractivity contribution >= 4 is 28.5 Å². The molecule has 1 saturated heterocycles. The number of rotatable bonds is 4. The maximum Gasteiger partial charge on any atom is 0.303 e.